The van der Waals surface area contributed by atoms with Crippen molar-refractivity contribution in [1.82, 2.24) is 5.43 Å². The Kier molecular flexibility index (Phi) is 5.93. The topological polar surface area (TPSA) is 70.6 Å². The fraction of sp³-hybridized carbons (Fsp3) is 0.0625. The molecule has 0 unspecified atom stereocenters. The predicted octanol–water partition coefficient (Wildman–Crippen LogP) is 3.59. The van der Waals surface area contributed by atoms with Crippen molar-refractivity contribution in [3.05, 3.63) is 64.4 Å². The van der Waals surface area contributed by atoms with Gasteiger partial charge in [0.25, 0.3) is 0 Å². The highest BCUT2D eigenvalue weighted by Crippen LogP contribution is 2.36. The minimum Gasteiger partial charge on any atom is -0.318 e. The van der Waals surface area contributed by atoms with Crippen LogP contribution < -0.4 is 10.7 Å². The molecule has 0 bridgehead atoms. The Morgan fingerprint density at radius 1 is 1.04 bits per heavy atom. The fourth-order valence-electron chi connectivity index (χ4n) is 1.77. The van der Waals surface area contributed by atoms with Crippen LogP contribution in [0.1, 0.15) is 11.1 Å². The number of nitrogens with zero attached hydrogens (tertiary/aromatic N) is 1. The number of nitrogens with one attached hydrogen (secondary N) is 2. The number of carbonyl (C=O) groups is 2. The smallest absolute Gasteiger partial charge is 0.318 e. The molecule has 0 aliphatic carbocycles. The average molecular weight is 388 g/mol. The molecule has 0 saturated carbocycles. The molecule has 2 rings (SSSR count). The first kappa shape index (κ1) is 19.4. The minimum absolute atomic E-state index is 0.260. The van der Waals surface area contributed by atoms with Crippen molar-refractivity contribution >= 4 is 35.3 Å². The summed E-state index contributed by atoms with van der Waals surface area (Å²) in [6.45, 7) is 0. The number of anilines is 1. The number of hydrogen-bond acceptors (Lipinski definition) is 3. The first-order chi connectivity index (χ1) is 12.2. The van der Waals surface area contributed by atoms with Gasteiger partial charge >= 0.3 is 18.0 Å². The molecule has 2 aromatic carbocycles. The van der Waals surface area contributed by atoms with Gasteiger partial charge in [0, 0.05) is 5.69 Å². The lowest BCUT2D eigenvalue weighted by Crippen LogP contribution is -2.32. The van der Waals surface area contributed by atoms with E-state index in [-0.39, 0.29) is 5.69 Å². The maximum absolute atomic E-state index is 12.8. The zero-order valence-electron chi connectivity index (χ0n) is 12.8. The van der Waals surface area contributed by atoms with Gasteiger partial charge in [0.15, 0.2) is 0 Å². The maximum atomic E-state index is 12.8. The lowest BCUT2D eigenvalue weighted by Gasteiger charge is -2.11. The Hall–Kier alpha value is -2.94. The van der Waals surface area contributed by atoms with E-state index in [1.54, 1.807) is 0 Å². The second-order valence-electron chi connectivity index (χ2n) is 4.90. The van der Waals surface area contributed by atoms with Gasteiger partial charge in [-0.05, 0) is 35.9 Å². The number of amides is 2. The van der Waals surface area contributed by atoms with Crippen LogP contribution in [0.25, 0.3) is 0 Å². The summed E-state index contributed by atoms with van der Waals surface area (Å²) in [5, 5.41) is 4.96. The molecule has 0 atom stereocenters. The van der Waals surface area contributed by atoms with Crippen LogP contribution in [0.15, 0.2) is 47.6 Å². The van der Waals surface area contributed by atoms with Gasteiger partial charge in [0.05, 0.1) is 16.8 Å². The SMILES string of the molecule is O=C(N/N=C\c1ccc(F)cc1)C(=O)Nc1ccc(Cl)c(C(F)(F)F)c1. The Bertz CT molecular complexity index is 852. The normalized spacial score (nSPS) is 11.4. The highest BCUT2D eigenvalue weighted by Gasteiger charge is 2.33. The van der Waals surface area contributed by atoms with Gasteiger partial charge in [0.1, 0.15) is 5.82 Å². The molecule has 2 amide bonds. The van der Waals surface area contributed by atoms with Gasteiger partial charge in [-0.25, -0.2) is 9.82 Å². The maximum Gasteiger partial charge on any atom is 0.417 e. The quantitative estimate of drug-likeness (QED) is 0.366. The third-order valence-electron chi connectivity index (χ3n) is 2.99. The van der Waals surface area contributed by atoms with Crippen molar-refractivity contribution < 1.29 is 27.2 Å². The van der Waals surface area contributed by atoms with E-state index in [2.05, 4.69) is 5.10 Å². The van der Waals surface area contributed by atoms with E-state index in [9.17, 15) is 27.2 Å². The minimum atomic E-state index is -4.71. The molecule has 0 fully saturated rings. The van der Waals surface area contributed by atoms with Crippen LogP contribution in [-0.4, -0.2) is 18.0 Å². The van der Waals surface area contributed by atoms with Crippen LogP contribution in [0.2, 0.25) is 5.02 Å². The van der Waals surface area contributed by atoms with Crippen LogP contribution in [0.4, 0.5) is 23.2 Å². The van der Waals surface area contributed by atoms with E-state index in [4.69, 9.17) is 11.6 Å². The Morgan fingerprint density at radius 2 is 1.69 bits per heavy atom. The van der Waals surface area contributed by atoms with Crippen molar-refractivity contribution in [2.75, 3.05) is 5.32 Å². The van der Waals surface area contributed by atoms with Crippen LogP contribution in [-0.2, 0) is 15.8 Å². The van der Waals surface area contributed by atoms with E-state index < -0.39 is 34.4 Å². The zero-order valence-corrected chi connectivity index (χ0v) is 13.5. The van der Waals surface area contributed by atoms with Gasteiger partial charge in [-0.1, -0.05) is 23.7 Å². The Morgan fingerprint density at radius 3 is 2.31 bits per heavy atom. The Balaban J connectivity index is 1.99. The van der Waals surface area contributed by atoms with Crippen molar-refractivity contribution in [3.8, 4) is 0 Å². The number of halogens is 5. The third kappa shape index (κ3) is 5.28. The predicted molar refractivity (Wildman–Crippen MR) is 87.2 cm³/mol. The van der Waals surface area contributed by atoms with Gasteiger partial charge in [-0.2, -0.15) is 18.3 Å². The molecule has 0 aliphatic heterocycles. The molecule has 0 aromatic heterocycles. The summed E-state index contributed by atoms with van der Waals surface area (Å²) in [4.78, 5) is 23.3. The van der Waals surface area contributed by atoms with Crippen molar-refractivity contribution in [2.24, 2.45) is 5.10 Å². The lowest BCUT2D eigenvalue weighted by atomic mass is 10.2. The van der Waals surface area contributed by atoms with E-state index in [0.717, 1.165) is 18.3 Å². The number of hydrazone groups is 1. The van der Waals surface area contributed by atoms with Gasteiger partial charge in [-0.3, -0.25) is 9.59 Å². The van der Waals surface area contributed by atoms with Crippen LogP contribution in [0.5, 0.6) is 0 Å². The average Bonchev–Trinajstić information content (AvgIpc) is 2.57. The van der Waals surface area contributed by atoms with Crippen LogP contribution >= 0.6 is 11.6 Å². The van der Waals surface area contributed by atoms with Gasteiger partial charge in [0.2, 0.25) is 0 Å². The molecule has 2 N–H and O–H groups in total. The number of hydrogen-bond donors (Lipinski definition) is 2. The molecular weight excluding hydrogens is 378 g/mol. The second-order valence-corrected chi connectivity index (χ2v) is 5.30. The number of alkyl halides is 3. The third-order valence-corrected chi connectivity index (χ3v) is 3.32. The summed E-state index contributed by atoms with van der Waals surface area (Å²) < 4.78 is 51.0. The number of benzene rings is 2. The summed E-state index contributed by atoms with van der Waals surface area (Å²) in [5.74, 6) is -2.88. The highest BCUT2D eigenvalue weighted by molar-refractivity contribution is 6.39. The molecule has 2 aromatic rings. The molecule has 136 valence electrons. The lowest BCUT2D eigenvalue weighted by molar-refractivity contribution is -0.137. The van der Waals surface area contributed by atoms with Crippen molar-refractivity contribution in [3.63, 3.8) is 0 Å². The molecule has 0 aliphatic rings. The Labute approximate surface area is 149 Å². The molecule has 0 radical (unpaired) electrons. The van der Waals surface area contributed by atoms with E-state index >= 15 is 0 Å². The molecule has 10 heteroatoms. The summed E-state index contributed by atoms with van der Waals surface area (Å²) in [6.07, 6.45) is -3.55. The first-order valence-electron chi connectivity index (χ1n) is 6.93. The summed E-state index contributed by atoms with van der Waals surface area (Å²) in [6, 6.07) is 7.79. The largest absolute Gasteiger partial charge is 0.417 e. The number of carbonyl (C=O) groups excluding carboxylic acids is 2. The molecule has 5 nitrogen and oxygen atoms in total. The van der Waals surface area contributed by atoms with Crippen LogP contribution in [0, 0.1) is 5.82 Å². The number of rotatable bonds is 3. The van der Waals surface area contributed by atoms with Crippen LogP contribution in [0.3, 0.4) is 0 Å². The van der Waals surface area contributed by atoms with Gasteiger partial charge < -0.3 is 5.32 Å². The highest BCUT2D eigenvalue weighted by atomic mass is 35.5. The molecular formula is C16H10ClF4N3O2. The zero-order chi connectivity index (χ0) is 19.3. The molecule has 0 saturated heterocycles. The monoisotopic (exact) mass is 387 g/mol. The standard InChI is InChI=1S/C16H10ClF4N3O2/c17-13-6-5-11(7-12(13)16(19,20)21)23-14(25)15(26)24-22-8-9-1-3-10(18)4-2-9/h1-8H,(H,23,25)(H,24,26)/b22-8-. The van der Waals surface area contributed by atoms with E-state index in [0.29, 0.717) is 11.6 Å². The first-order valence-corrected chi connectivity index (χ1v) is 7.31. The molecule has 0 spiro atoms. The molecule has 26 heavy (non-hydrogen) atoms. The van der Waals surface area contributed by atoms with Crippen molar-refractivity contribution in [2.45, 2.75) is 6.18 Å². The van der Waals surface area contributed by atoms with Gasteiger partial charge in [-0.15, -0.1) is 0 Å². The second kappa shape index (κ2) is 7.96. The van der Waals surface area contributed by atoms with E-state index in [1.165, 1.54) is 24.3 Å². The summed E-state index contributed by atoms with van der Waals surface area (Å²) >= 11 is 5.46. The fourth-order valence-corrected chi connectivity index (χ4v) is 2.00. The molecule has 0 heterocycles. The summed E-state index contributed by atoms with van der Waals surface area (Å²) in [5.41, 5.74) is 0.950. The summed E-state index contributed by atoms with van der Waals surface area (Å²) in [7, 11) is 0. The van der Waals surface area contributed by atoms with E-state index in [1.807, 2.05) is 10.7 Å². The van der Waals surface area contributed by atoms with Crippen molar-refractivity contribution in [1.29, 1.82) is 0 Å².